The summed E-state index contributed by atoms with van der Waals surface area (Å²) in [5, 5.41) is 0. The molecular formula is C9H15NO. The number of carbonyl (C=O) groups is 1. The second-order valence-electron chi connectivity index (χ2n) is 3.02. The van der Waals surface area contributed by atoms with Crippen LogP contribution < -0.4 is 0 Å². The molecule has 2 heteroatoms. The van der Waals surface area contributed by atoms with Crippen molar-refractivity contribution >= 4 is 5.78 Å². The minimum absolute atomic E-state index is 0.135. The zero-order valence-electron chi connectivity index (χ0n) is 7.05. The molecule has 1 rings (SSSR count). The third kappa shape index (κ3) is 3.21. The highest BCUT2D eigenvalue weighted by atomic mass is 16.1. The van der Waals surface area contributed by atoms with Crippen LogP contribution in [-0.2, 0) is 4.79 Å². The first-order valence-corrected chi connectivity index (χ1v) is 4.22. The van der Waals surface area contributed by atoms with Gasteiger partial charge in [-0.25, -0.2) is 0 Å². The van der Waals surface area contributed by atoms with E-state index in [0.29, 0.717) is 0 Å². The standard InChI is InChI=1S/C9H15NO/c1-9(11)5-8-10-6-3-2-4-7-10/h5,8H,2-4,6-7H2,1H3/b8-5+. The van der Waals surface area contributed by atoms with Crippen molar-refractivity contribution in [2.24, 2.45) is 0 Å². The molecule has 0 radical (unpaired) electrons. The average Bonchev–Trinajstić information content (AvgIpc) is 2.03. The van der Waals surface area contributed by atoms with Gasteiger partial charge in [-0.3, -0.25) is 4.79 Å². The second kappa shape index (κ2) is 4.16. The highest BCUT2D eigenvalue weighted by Gasteiger charge is 2.04. The van der Waals surface area contributed by atoms with Gasteiger partial charge in [0.2, 0.25) is 0 Å². The number of allylic oxidation sites excluding steroid dienone is 1. The largest absolute Gasteiger partial charge is 0.377 e. The summed E-state index contributed by atoms with van der Waals surface area (Å²) in [6, 6.07) is 0. The first kappa shape index (κ1) is 8.31. The summed E-state index contributed by atoms with van der Waals surface area (Å²) < 4.78 is 0. The van der Waals surface area contributed by atoms with E-state index in [4.69, 9.17) is 0 Å². The SMILES string of the molecule is CC(=O)/C=C/N1CCCCC1. The van der Waals surface area contributed by atoms with Crippen LogP contribution in [0.15, 0.2) is 12.3 Å². The highest BCUT2D eigenvalue weighted by Crippen LogP contribution is 2.08. The molecule has 0 N–H and O–H groups in total. The van der Waals surface area contributed by atoms with Crippen molar-refractivity contribution in [3.05, 3.63) is 12.3 Å². The van der Waals surface area contributed by atoms with Crippen molar-refractivity contribution < 1.29 is 4.79 Å². The monoisotopic (exact) mass is 153 g/mol. The molecule has 1 heterocycles. The van der Waals surface area contributed by atoms with Crippen LogP contribution in [0, 0.1) is 0 Å². The fourth-order valence-electron chi connectivity index (χ4n) is 1.28. The van der Waals surface area contributed by atoms with Crippen LogP contribution in [0.2, 0.25) is 0 Å². The van der Waals surface area contributed by atoms with Gasteiger partial charge < -0.3 is 4.90 Å². The lowest BCUT2D eigenvalue weighted by atomic mass is 10.1. The molecule has 0 amide bonds. The van der Waals surface area contributed by atoms with Crippen molar-refractivity contribution in [1.29, 1.82) is 0 Å². The maximum absolute atomic E-state index is 10.6. The molecular weight excluding hydrogens is 138 g/mol. The fraction of sp³-hybridized carbons (Fsp3) is 0.667. The Bertz CT molecular complexity index is 157. The molecule has 0 bridgehead atoms. The van der Waals surface area contributed by atoms with Gasteiger partial charge in [-0.2, -0.15) is 0 Å². The van der Waals surface area contributed by atoms with Gasteiger partial charge in [-0.1, -0.05) is 0 Å². The Morgan fingerprint density at radius 3 is 2.45 bits per heavy atom. The molecule has 11 heavy (non-hydrogen) atoms. The zero-order chi connectivity index (χ0) is 8.10. The van der Waals surface area contributed by atoms with Crippen molar-refractivity contribution in [1.82, 2.24) is 4.90 Å². The number of piperidine rings is 1. The minimum Gasteiger partial charge on any atom is -0.377 e. The second-order valence-corrected chi connectivity index (χ2v) is 3.02. The van der Waals surface area contributed by atoms with Crippen LogP contribution in [-0.4, -0.2) is 23.8 Å². The third-order valence-electron chi connectivity index (χ3n) is 1.91. The lowest BCUT2D eigenvalue weighted by Gasteiger charge is -2.24. The average molecular weight is 153 g/mol. The number of carbonyl (C=O) groups excluding carboxylic acids is 1. The van der Waals surface area contributed by atoms with Crippen LogP contribution in [0.1, 0.15) is 26.2 Å². The van der Waals surface area contributed by atoms with E-state index in [1.54, 1.807) is 13.0 Å². The Hall–Kier alpha value is -0.790. The smallest absolute Gasteiger partial charge is 0.154 e. The quantitative estimate of drug-likeness (QED) is 0.561. The summed E-state index contributed by atoms with van der Waals surface area (Å²) >= 11 is 0. The highest BCUT2D eigenvalue weighted by molar-refractivity contribution is 5.87. The molecule has 0 aliphatic carbocycles. The third-order valence-corrected chi connectivity index (χ3v) is 1.91. The summed E-state index contributed by atoms with van der Waals surface area (Å²) in [6.45, 7) is 3.81. The molecule has 0 aromatic carbocycles. The van der Waals surface area contributed by atoms with Gasteiger partial charge in [0, 0.05) is 19.3 Å². The number of nitrogens with zero attached hydrogens (tertiary/aromatic N) is 1. The lowest BCUT2D eigenvalue weighted by molar-refractivity contribution is -0.112. The molecule has 0 aromatic rings. The van der Waals surface area contributed by atoms with E-state index in [1.807, 2.05) is 6.20 Å². The number of rotatable bonds is 2. The number of hydrogen-bond acceptors (Lipinski definition) is 2. The van der Waals surface area contributed by atoms with Crippen molar-refractivity contribution in [2.75, 3.05) is 13.1 Å². The molecule has 1 saturated heterocycles. The van der Waals surface area contributed by atoms with Gasteiger partial charge in [-0.15, -0.1) is 0 Å². The van der Waals surface area contributed by atoms with Gasteiger partial charge in [0.1, 0.15) is 0 Å². The van der Waals surface area contributed by atoms with Gasteiger partial charge in [0.15, 0.2) is 5.78 Å². The Labute approximate surface area is 67.9 Å². The van der Waals surface area contributed by atoms with E-state index in [2.05, 4.69) is 4.90 Å². The lowest BCUT2D eigenvalue weighted by Crippen LogP contribution is -2.24. The van der Waals surface area contributed by atoms with Crippen LogP contribution >= 0.6 is 0 Å². The van der Waals surface area contributed by atoms with E-state index >= 15 is 0 Å². The summed E-state index contributed by atoms with van der Waals surface area (Å²) in [5.41, 5.74) is 0. The first-order valence-electron chi connectivity index (χ1n) is 4.22. The summed E-state index contributed by atoms with van der Waals surface area (Å²) in [5.74, 6) is 0.135. The molecule has 0 saturated carbocycles. The summed E-state index contributed by atoms with van der Waals surface area (Å²) in [4.78, 5) is 12.8. The Morgan fingerprint density at radius 2 is 1.91 bits per heavy atom. The molecule has 0 spiro atoms. The van der Waals surface area contributed by atoms with Crippen molar-refractivity contribution in [3.8, 4) is 0 Å². The predicted molar refractivity (Wildman–Crippen MR) is 45.2 cm³/mol. The van der Waals surface area contributed by atoms with E-state index in [0.717, 1.165) is 13.1 Å². The fourth-order valence-corrected chi connectivity index (χ4v) is 1.28. The number of likely N-dealkylation sites (tertiary alicyclic amines) is 1. The molecule has 62 valence electrons. The maximum atomic E-state index is 10.6. The minimum atomic E-state index is 0.135. The van der Waals surface area contributed by atoms with Gasteiger partial charge in [-0.05, 0) is 32.3 Å². The van der Waals surface area contributed by atoms with Gasteiger partial charge in [0.25, 0.3) is 0 Å². The number of hydrogen-bond donors (Lipinski definition) is 0. The summed E-state index contributed by atoms with van der Waals surface area (Å²) in [7, 11) is 0. The Kier molecular flexibility index (Phi) is 3.14. The van der Waals surface area contributed by atoms with E-state index in [1.165, 1.54) is 19.3 Å². The van der Waals surface area contributed by atoms with Gasteiger partial charge in [0.05, 0.1) is 0 Å². The molecule has 0 atom stereocenters. The maximum Gasteiger partial charge on any atom is 0.154 e. The van der Waals surface area contributed by atoms with Crippen LogP contribution in [0.3, 0.4) is 0 Å². The molecule has 1 aliphatic heterocycles. The molecule has 2 nitrogen and oxygen atoms in total. The number of ketones is 1. The summed E-state index contributed by atoms with van der Waals surface area (Å²) in [6.07, 6.45) is 7.43. The Balaban J connectivity index is 2.29. The molecule has 1 fully saturated rings. The molecule has 0 unspecified atom stereocenters. The zero-order valence-corrected chi connectivity index (χ0v) is 7.05. The normalized spacial score (nSPS) is 19.2. The van der Waals surface area contributed by atoms with E-state index in [9.17, 15) is 4.79 Å². The van der Waals surface area contributed by atoms with Crippen molar-refractivity contribution in [3.63, 3.8) is 0 Å². The molecule has 1 aliphatic rings. The first-order chi connectivity index (χ1) is 5.29. The van der Waals surface area contributed by atoms with Gasteiger partial charge >= 0.3 is 0 Å². The van der Waals surface area contributed by atoms with Crippen LogP contribution in [0.5, 0.6) is 0 Å². The molecule has 0 aromatic heterocycles. The predicted octanol–water partition coefficient (Wildman–Crippen LogP) is 1.57. The topological polar surface area (TPSA) is 20.3 Å². The van der Waals surface area contributed by atoms with Crippen LogP contribution in [0.25, 0.3) is 0 Å². The van der Waals surface area contributed by atoms with Crippen LogP contribution in [0.4, 0.5) is 0 Å². The Morgan fingerprint density at radius 1 is 1.27 bits per heavy atom. The van der Waals surface area contributed by atoms with E-state index in [-0.39, 0.29) is 5.78 Å². The van der Waals surface area contributed by atoms with E-state index < -0.39 is 0 Å². The van der Waals surface area contributed by atoms with Crippen molar-refractivity contribution in [2.45, 2.75) is 26.2 Å².